The van der Waals surface area contributed by atoms with Crippen LogP contribution in [-0.2, 0) is 26.0 Å². The number of carbonyl (C=O) groups is 1. The van der Waals surface area contributed by atoms with Gasteiger partial charge in [0.2, 0.25) is 0 Å². The molecule has 1 heterocycles. The van der Waals surface area contributed by atoms with Gasteiger partial charge in [-0.15, -0.1) is 0 Å². The molecule has 1 aliphatic heterocycles. The van der Waals surface area contributed by atoms with Crippen LogP contribution in [-0.4, -0.2) is 35.2 Å². The molecule has 6 nitrogen and oxygen atoms in total. The van der Waals surface area contributed by atoms with Crippen molar-refractivity contribution in [1.29, 1.82) is 0 Å². The van der Waals surface area contributed by atoms with Crippen molar-refractivity contribution < 1.29 is 31.5 Å². The Bertz CT molecular complexity index is 1600. The highest BCUT2D eigenvalue weighted by Gasteiger charge is 2.38. The van der Waals surface area contributed by atoms with E-state index in [1.54, 1.807) is 39.0 Å². The fraction of sp³-hybridized carbons (Fsp3) is 0.323. The topological polar surface area (TPSA) is 72.9 Å². The molecular weight excluding hydrogens is 572 g/mol. The average Bonchev–Trinajstić information content (AvgIpc) is 2.92. The van der Waals surface area contributed by atoms with Crippen molar-refractivity contribution >= 4 is 44.9 Å². The number of hydrogen-bond donors (Lipinski definition) is 0. The summed E-state index contributed by atoms with van der Waals surface area (Å²) in [5.41, 5.74) is 1.84. The van der Waals surface area contributed by atoms with Crippen LogP contribution in [0, 0.1) is 23.0 Å². The van der Waals surface area contributed by atoms with Gasteiger partial charge in [0.1, 0.15) is 5.82 Å². The summed E-state index contributed by atoms with van der Waals surface area (Å²) in [5, 5.41) is 0.266. The van der Waals surface area contributed by atoms with Crippen molar-refractivity contribution in [1.82, 2.24) is 0 Å². The Morgan fingerprint density at radius 1 is 1.10 bits per heavy atom. The number of benzene rings is 3. The van der Waals surface area contributed by atoms with Crippen LogP contribution >= 0.6 is 11.6 Å². The van der Waals surface area contributed by atoms with E-state index in [0.717, 1.165) is 17.7 Å². The molecule has 218 valence electrons. The Morgan fingerprint density at radius 3 is 2.49 bits per heavy atom. The first kappa shape index (κ1) is 30.5. The minimum absolute atomic E-state index is 0.0841. The number of carbonyl (C=O) groups excluding carboxylic acids is 1. The van der Waals surface area contributed by atoms with E-state index in [4.69, 9.17) is 21.1 Å². The van der Waals surface area contributed by atoms with E-state index in [0.29, 0.717) is 29.7 Å². The van der Waals surface area contributed by atoms with Gasteiger partial charge in [-0.1, -0.05) is 35.9 Å². The highest BCUT2D eigenvalue weighted by atomic mass is 35.5. The summed E-state index contributed by atoms with van der Waals surface area (Å²) in [6.45, 7) is 5.35. The lowest BCUT2D eigenvalue weighted by atomic mass is 9.79. The number of sulfonamides is 1. The van der Waals surface area contributed by atoms with Crippen LogP contribution in [0.15, 0.2) is 59.5 Å². The maximum Gasteiger partial charge on any atom is 0.311 e. The van der Waals surface area contributed by atoms with E-state index < -0.39 is 27.1 Å². The van der Waals surface area contributed by atoms with Gasteiger partial charge in [-0.25, -0.2) is 17.2 Å². The summed E-state index contributed by atoms with van der Waals surface area (Å²) >= 11 is 6.26. The third-order valence-electron chi connectivity index (χ3n) is 7.30. The van der Waals surface area contributed by atoms with Crippen molar-refractivity contribution in [3.8, 4) is 5.75 Å². The van der Waals surface area contributed by atoms with Crippen LogP contribution < -0.4 is 9.04 Å². The number of halogens is 3. The lowest BCUT2D eigenvalue weighted by molar-refractivity contribution is -0.151. The number of fused-ring (bicyclic) bond motifs is 1. The van der Waals surface area contributed by atoms with Crippen LogP contribution in [0.5, 0.6) is 5.75 Å². The number of anilines is 1. The molecule has 0 amide bonds. The Morgan fingerprint density at radius 2 is 1.83 bits per heavy atom. The first-order valence-electron chi connectivity index (χ1n) is 13.0. The number of hydrogen-bond acceptors (Lipinski definition) is 5. The Kier molecular flexibility index (Phi) is 8.80. The van der Waals surface area contributed by atoms with Gasteiger partial charge in [-0.3, -0.25) is 9.10 Å². The van der Waals surface area contributed by atoms with E-state index in [1.807, 2.05) is 12.1 Å². The summed E-state index contributed by atoms with van der Waals surface area (Å²) in [7, 11) is -1.59. The SMILES string of the molecule is COC(=O)C(C)(C)C[C@@H]1Cc2ccc(/C=C(\C)c3c(F)cccc3Cl)cc2N(S(=O)(=O)c2ccc(F)c(OC)c2)C1. The number of allylic oxidation sites excluding steroid dienone is 1. The summed E-state index contributed by atoms with van der Waals surface area (Å²) in [6, 6.07) is 13.3. The van der Waals surface area contributed by atoms with Crippen LogP contribution in [0.4, 0.5) is 14.5 Å². The van der Waals surface area contributed by atoms with Gasteiger partial charge >= 0.3 is 5.97 Å². The lowest BCUT2D eigenvalue weighted by Crippen LogP contribution is -2.42. The normalized spacial score (nSPS) is 15.9. The zero-order valence-electron chi connectivity index (χ0n) is 23.5. The third kappa shape index (κ3) is 6.26. The fourth-order valence-corrected chi connectivity index (χ4v) is 7.25. The lowest BCUT2D eigenvalue weighted by Gasteiger charge is -2.38. The quantitative estimate of drug-likeness (QED) is 0.202. The molecule has 3 aromatic rings. The number of nitrogens with zero attached hydrogens (tertiary/aromatic N) is 1. The second-order valence-electron chi connectivity index (χ2n) is 10.8. The molecule has 10 heteroatoms. The molecule has 0 unspecified atom stereocenters. The highest BCUT2D eigenvalue weighted by Crippen LogP contribution is 2.40. The van der Waals surface area contributed by atoms with Gasteiger partial charge in [0.25, 0.3) is 10.0 Å². The molecule has 0 saturated heterocycles. The van der Waals surface area contributed by atoms with Gasteiger partial charge in [-0.05, 0) is 86.6 Å². The number of methoxy groups -OCH3 is 2. The van der Waals surface area contributed by atoms with E-state index in [1.165, 1.54) is 36.7 Å². The zero-order chi connectivity index (χ0) is 30.1. The second-order valence-corrected chi connectivity index (χ2v) is 13.1. The molecule has 0 bridgehead atoms. The summed E-state index contributed by atoms with van der Waals surface area (Å²) in [6.07, 6.45) is 2.64. The van der Waals surface area contributed by atoms with Crippen molar-refractivity contribution in [3.63, 3.8) is 0 Å². The molecule has 0 aromatic heterocycles. The molecule has 0 radical (unpaired) electrons. The van der Waals surface area contributed by atoms with Crippen molar-refractivity contribution in [2.45, 2.75) is 38.5 Å². The molecule has 41 heavy (non-hydrogen) atoms. The molecule has 1 atom stereocenters. The minimum atomic E-state index is -4.18. The van der Waals surface area contributed by atoms with Crippen molar-refractivity contribution in [3.05, 3.63) is 87.9 Å². The van der Waals surface area contributed by atoms with Gasteiger partial charge in [0.15, 0.2) is 11.6 Å². The zero-order valence-corrected chi connectivity index (χ0v) is 25.1. The molecule has 0 fully saturated rings. The van der Waals surface area contributed by atoms with Crippen LogP contribution in [0.2, 0.25) is 5.02 Å². The molecular formula is C31H32ClF2NO5S. The summed E-state index contributed by atoms with van der Waals surface area (Å²) in [5.74, 6) is -1.94. The number of ether oxygens (including phenoxy) is 2. The van der Waals surface area contributed by atoms with E-state index >= 15 is 0 Å². The highest BCUT2D eigenvalue weighted by molar-refractivity contribution is 7.92. The van der Waals surface area contributed by atoms with E-state index in [2.05, 4.69) is 0 Å². The Balaban J connectivity index is 1.82. The van der Waals surface area contributed by atoms with Gasteiger partial charge in [-0.2, -0.15) is 0 Å². The van der Waals surface area contributed by atoms with Crippen LogP contribution in [0.3, 0.4) is 0 Å². The number of rotatable bonds is 8. The first-order valence-corrected chi connectivity index (χ1v) is 14.8. The molecule has 0 N–H and O–H groups in total. The van der Waals surface area contributed by atoms with E-state index in [-0.39, 0.29) is 39.7 Å². The molecule has 0 aliphatic carbocycles. The van der Waals surface area contributed by atoms with E-state index in [9.17, 15) is 22.0 Å². The Hall–Kier alpha value is -3.43. The monoisotopic (exact) mass is 603 g/mol. The second kappa shape index (κ2) is 11.8. The summed E-state index contributed by atoms with van der Waals surface area (Å²) < 4.78 is 68.1. The standard InChI is InChI=1S/C31H32ClF2NO5S/c1-19(29-24(32)7-6-8-26(29)34)13-20-9-10-22-14-21(17-31(2,3)30(36)40-5)18-35(27(22)15-20)41(37,38)23-11-12-25(33)28(16-23)39-4/h6-13,15-16,21H,14,17-18H2,1-5H3/b19-13+/t21-/m0/s1. The maximum absolute atomic E-state index is 14.6. The molecule has 1 aliphatic rings. The van der Waals surface area contributed by atoms with Crippen molar-refractivity contribution in [2.24, 2.45) is 11.3 Å². The molecule has 3 aromatic carbocycles. The maximum atomic E-state index is 14.6. The smallest absolute Gasteiger partial charge is 0.311 e. The fourth-order valence-electron chi connectivity index (χ4n) is 5.35. The number of esters is 1. The van der Waals surface area contributed by atoms with Crippen LogP contribution in [0.25, 0.3) is 11.6 Å². The largest absolute Gasteiger partial charge is 0.494 e. The van der Waals surface area contributed by atoms with Crippen LogP contribution in [0.1, 0.15) is 43.9 Å². The van der Waals surface area contributed by atoms with Crippen molar-refractivity contribution in [2.75, 3.05) is 25.1 Å². The first-order chi connectivity index (χ1) is 19.3. The van der Waals surface area contributed by atoms with Gasteiger partial charge < -0.3 is 9.47 Å². The van der Waals surface area contributed by atoms with Gasteiger partial charge in [0, 0.05) is 18.2 Å². The molecule has 4 rings (SSSR count). The predicted octanol–water partition coefficient (Wildman–Crippen LogP) is 7.14. The summed E-state index contributed by atoms with van der Waals surface area (Å²) in [4.78, 5) is 12.3. The third-order valence-corrected chi connectivity index (χ3v) is 9.39. The Labute approximate surface area is 244 Å². The minimum Gasteiger partial charge on any atom is -0.494 e. The molecule has 0 saturated carbocycles. The molecule has 0 spiro atoms. The average molecular weight is 604 g/mol. The predicted molar refractivity (Wildman–Crippen MR) is 156 cm³/mol. The van der Waals surface area contributed by atoms with Gasteiger partial charge in [0.05, 0.1) is 35.2 Å².